The van der Waals surface area contributed by atoms with Crippen LogP contribution >= 0.6 is 0 Å². The van der Waals surface area contributed by atoms with Crippen LogP contribution < -0.4 is 4.72 Å². The molecule has 0 aliphatic carbocycles. The summed E-state index contributed by atoms with van der Waals surface area (Å²) < 4.78 is 61.9. The lowest BCUT2D eigenvalue weighted by molar-refractivity contribution is -0.121. The van der Waals surface area contributed by atoms with Gasteiger partial charge in [-0.1, -0.05) is 12.1 Å². The number of hydrogen-bond acceptors (Lipinski definition) is 4. The summed E-state index contributed by atoms with van der Waals surface area (Å²) in [5.41, 5.74) is 0.477. The summed E-state index contributed by atoms with van der Waals surface area (Å²) in [5.74, 6) is -0.277. The van der Waals surface area contributed by atoms with Gasteiger partial charge in [-0.15, -0.1) is 0 Å². The number of nitrogens with zero attached hydrogens (tertiary/aromatic N) is 2. The molecule has 0 aromatic carbocycles. The summed E-state index contributed by atoms with van der Waals surface area (Å²) in [6.07, 6.45) is -3.84. The maximum atomic E-state index is 12.0. The summed E-state index contributed by atoms with van der Waals surface area (Å²) in [4.78, 5) is 0. The van der Waals surface area contributed by atoms with Gasteiger partial charge in [0.2, 0.25) is 0 Å². The van der Waals surface area contributed by atoms with Crippen molar-refractivity contribution in [2.75, 3.05) is 19.6 Å². The molecule has 0 saturated carbocycles. The molecule has 1 fully saturated rings. The van der Waals surface area contributed by atoms with Crippen molar-refractivity contribution in [3.8, 4) is 0 Å². The van der Waals surface area contributed by atoms with Gasteiger partial charge in [0.25, 0.3) is 10.2 Å². The molecule has 1 saturated heterocycles. The van der Waals surface area contributed by atoms with Gasteiger partial charge in [0.1, 0.15) is 6.54 Å². The summed E-state index contributed by atoms with van der Waals surface area (Å²) in [6.45, 7) is 0.213. The highest BCUT2D eigenvalue weighted by Crippen LogP contribution is 2.20. The molecule has 1 aliphatic heterocycles. The minimum absolute atomic E-state index is 0.00306. The van der Waals surface area contributed by atoms with Crippen LogP contribution in [0.3, 0.4) is 0 Å². The topological polar surface area (TPSA) is 82.0 Å². The molecule has 0 spiro atoms. The van der Waals surface area contributed by atoms with Crippen LogP contribution in [0.15, 0.2) is 5.16 Å². The van der Waals surface area contributed by atoms with Crippen LogP contribution in [0, 0.1) is 5.92 Å². The van der Waals surface area contributed by atoms with Crippen molar-refractivity contribution in [2.45, 2.75) is 25.9 Å². The molecule has 0 amide bonds. The second kappa shape index (κ2) is 6.06. The molecular formula is C9H16F3N3O3S. The average Bonchev–Trinajstić information content (AvgIpc) is 2.35. The van der Waals surface area contributed by atoms with E-state index in [2.05, 4.69) is 5.16 Å². The smallest absolute Gasteiger partial charge is 0.402 e. The second-order valence-corrected chi connectivity index (χ2v) is 6.00. The Balaban J connectivity index is 2.70. The fraction of sp³-hybridized carbons (Fsp3) is 0.889. The van der Waals surface area contributed by atoms with Gasteiger partial charge in [-0.2, -0.15) is 30.6 Å². The van der Waals surface area contributed by atoms with E-state index in [1.54, 1.807) is 6.92 Å². The molecule has 1 aliphatic rings. The van der Waals surface area contributed by atoms with Crippen molar-refractivity contribution in [1.82, 2.24) is 9.03 Å². The van der Waals surface area contributed by atoms with Crippen LogP contribution in [-0.4, -0.2) is 49.5 Å². The van der Waals surface area contributed by atoms with Crippen molar-refractivity contribution in [2.24, 2.45) is 11.1 Å². The fourth-order valence-electron chi connectivity index (χ4n) is 1.86. The molecule has 1 heterocycles. The van der Waals surface area contributed by atoms with Crippen LogP contribution in [-0.2, 0) is 10.2 Å². The minimum Gasteiger partial charge on any atom is -0.411 e. The van der Waals surface area contributed by atoms with E-state index in [1.165, 1.54) is 4.72 Å². The largest absolute Gasteiger partial charge is 0.411 e. The highest BCUT2D eigenvalue weighted by molar-refractivity contribution is 7.87. The molecule has 0 aromatic heterocycles. The van der Waals surface area contributed by atoms with Gasteiger partial charge in [0.15, 0.2) is 0 Å². The Hall–Kier alpha value is -0.870. The summed E-state index contributed by atoms with van der Waals surface area (Å²) >= 11 is 0. The van der Waals surface area contributed by atoms with Gasteiger partial charge in [-0.05, 0) is 6.42 Å². The van der Waals surface area contributed by atoms with E-state index in [4.69, 9.17) is 5.21 Å². The van der Waals surface area contributed by atoms with Gasteiger partial charge in [-0.25, -0.2) is 0 Å². The van der Waals surface area contributed by atoms with Gasteiger partial charge in [0, 0.05) is 25.4 Å². The van der Waals surface area contributed by atoms with Crippen molar-refractivity contribution in [1.29, 1.82) is 0 Å². The van der Waals surface area contributed by atoms with Crippen LogP contribution in [0.2, 0.25) is 0 Å². The summed E-state index contributed by atoms with van der Waals surface area (Å²) in [7, 11) is -4.16. The number of oxime groups is 1. The van der Waals surface area contributed by atoms with Gasteiger partial charge in [-0.3, -0.25) is 0 Å². The molecule has 6 nitrogen and oxygen atoms in total. The molecular weight excluding hydrogens is 287 g/mol. The maximum absolute atomic E-state index is 12.0. The third-order valence-electron chi connectivity index (χ3n) is 2.93. The number of halogens is 3. The SMILES string of the molecule is CCC1CN(S(=O)(=O)NCC(F)(F)F)CCC1=NO. The molecule has 0 bridgehead atoms. The number of rotatable bonds is 4. The first-order valence-corrected chi connectivity index (χ1v) is 7.16. The molecule has 112 valence electrons. The molecule has 1 unspecified atom stereocenters. The highest BCUT2D eigenvalue weighted by Gasteiger charge is 2.35. The van der Waals surface area contributed by atoms with E-state index < -0.39 is 22.9 Å². The lowest BCUT2D eigenvalue weighted by atomic mass is 9.95. The predicted octanol–water partition coefficient (Wildman–Crippen LogP) is 0.945. The molecule has 0 radical (unpaired) electrons. The van der Waals surface area contributed by atoms with E-state index in [1.807, 2.05) is 0 Å². The van der Waals surface area contributed by atoms with Crippen molar-refractivity contribution in [3.05, 3.63) is 0 Å². The van der Waals surface area contributed by atoms with E-state index in [9.17, 15) is 21.6 Å². The number of nitrogens with one attached hydrogen (secondary N) is 1. The van der Waals surface area contributed by atoms with Gasteiger partial charge < -0.3 is 5.21 Å². The minimum atomic E-state index is -4.59. The summed E-state index contributed by atoms with van der Waals surface area (Å²) in [5, 5.41) is 11.8. The molecule has 2 N–H and O–H groups in total. The Bertz CT molecular complexity index is 436. The average molecular weight is 303 g/mol. The van der Waals surface area contributed by atoms with Gasteiger partial charge in [0.05, 0.1) is 5.71 Å². The first kappa shape index (κ1) is 16.2. The lowest BCUT2D eigenvalue weighted by Crippen LogP contribution is -2.50. The van der Waals surface area contributed by atoms with Gasteiger partial charge >= 0.3 is 6.18 Å². The predicted molar refractivity (Wildman–Crippen MR) is 62.2 cm³/mol. The first-order chi connectivity index (χ1) is 8.69. The zero-order chi connectivity index (χ0) is 14.7. The Morgan fingerprint density at radius 1 is 1.53 bits per heavy atom. The highest BCUT2D eigenvalue weighted by atomic mass is 32.2. The van der Waals surface area contributed by atoms with E-state index in [0.717, 1.165) is 4.31 Å². The van der Waals surface area contributed by atoms with E-state index >= 15 is 0 Å². The Kier molecular flexibility index (Phi) is 5.16. The Morgan fingerprint density at radius 3 is 2.63 bits per heavy atom. The number of piperidine rings is 1. The van der Waals surface area contributed by atoms with Crippen LogP contribution in [0.25, 0.3) is 0 Å². The third-order valence-corrected chi connectivity index (χ3v) is 4.45. The molecule has 1 atom stereocenters. The number of alkyl halides is 3. The quantitative estimate of drug-likeness (QED) is 0.599. The standard InChI is InChI=1S/C9H16F3N3O3S/c1-2-7-5-15(4-3-8(7)14-16)19(17,18)13-6-9(10,11)12/h7,13,16H,2-6H2,1H3. The fourth-order valence-corrected chi connectivity index (χ4v) is 3.10. The van der Waals surface area contributed by atoms with Crippen LogP contribution in [0.5, 0.6) is 0 Å². The normalized spacial score (nSPS) is 24.8. The first-order valence-electron chi connectivity index (χ1n) is 5.72. The van der Waals surface area contributed by atoms with Crippen molar-refractivity contribution >= 4 is 15.9 Å². The van der Waals surface area contributed by atoms with Crippen molar-refractivity contribution < 1.29 is 26.8 Å². The van der Waals surface area contributed by atoms with Crippen LogP contribution in [0.1, 0.15) is 19.8 Å². The lowest BCUT2D eigenvalue weighted by Gasteiger charge is -2.31. The Morgan fingerprint density at radius 2 is 2.16 bits per heavy atom. The van der Waals surface area contributed by atoms with Crippen LogP contribution in [0.4, 0.5) is 13.2 Å². The van der Waals surface area contributed by atoms with E-state index in [0.29, 0.717) is 12.1 Å². The summed E-state index contributed by atoms with van der Waals surface area (Å²) in [6, 6.07) is 0. The van der Waals surface area contributed by atoms with E-state index in [-0.39, 0.29) is 25.4 Å². The zero-order valence-electron chi connectivity index (χ0n) is 10.3. The molecule has 0 aromatic rings. The zero-order valence-corrected chi connectivity index (χ0v) is 11.1. The molecule has 10 heteroatoms. The molecule has 19 heavy (non-hydrogen) atoms. The van der Waals surface area contributed by atoms with Crippen molar-refractivity contribution in [3.63, 3.8) is 0 Å². The molecule has 1 rings (SSSR count). The second-order valence-electron chi connectivity index (χ2n) is 4.25. The maximum Gasteiger partial charge on any atom is 0.402 e. The third kappa shape index (κ3) is 4.62. The Labute approximate surface area is 109 Å². The number of hydrogen-bond donors (Lipinski definition) is 2. The monoisotopic (exact) mass is 303 g/mol.